The smallest absolute Gasteiger partial charge is 0.263 e. The molecular formula is C14H8N2O2S4. The Hall–Kier alpha value is -1.48. The number of benzene rings is 1. The Balaban J connectivity index is 1.79. The summed E-state index contributed by atoms with van der Waals surface area (Å²) in [5.74, 6) is -0.345. The molecule has 0 saturated carbocycles. The van der Waals surface area contributed by atoms with Crippen molar-refractivity contribution >= 4 is 80.6 Å². The number of rotatable bonds is 2. The Morgan fingerprint density at radius 1 is 0.773 bits per heavy atom. The van der Waals surface area contributed by atoms with Gasteiger partial charge in [-0.05, 0) is 23.3 Å². The lowest BCUT2D eigenvalue weighted by molar-refractivity contribution is -0.116. The van der Waals surface area contributed by atoms with Crippen molar-refractivity contribution in [2.75, 3.05) is 0 Å². The standard InChI is InChI=1S/C14H8N2O2S4/c17-11-9(21-13(19)15-11)5-7-1-2-8(4-3-7)6-10-12(18)16-14(20)22-10/h1-6H,(H,15,17,19)(H,16,18,20)/b9-5+,10-6+. The Kier molecular flexibility index (Phi) is 4.44. The topological polar surface area (TPSA) is 58.2 Å². The van der Waals surface area contributed by atoms with Crippen LogP contribution in [-0.2, 0) is 9.59 Å². The van der Waals surface area contributed by atoms with Crippen LogP contribution in [0.4, 0.5) is 0 Å². The van der Waals surface area contributed by atoms with Crippen molar-refractivity contribution in [2.45, 2.75) is 0 Å². The molecule has 2 amide bonds. The first-order valence-electron chi connectivity index (χ1n) is 6.11. The van der Waals surface area contributed by atoms with Gasteiger partial charge in [0, 0.05) is 0 Å². The van der Waals surface area contributed by atoms with Crippen LogP contribution in [0.3, 0.4) is 0 Å². The van der Waals surface area contributed by atoms with E-state index in [0.29, 0.717) is 18.5 Å². The van der Waals surface area contributed by atoms with Gasteiger partial charge in [0.2, 0.25) is 0 Å². The molecule has 0 bridgehead atoms. The molecule has 4 nitrogen and oxygen atoms in total. The van der Waals surface area contributed by atoms with E-state index < -0.39 is 0 Å². The lowest BCUT2D eigenvalue weighted by Crippen LogP contribution is -2.17. The van der Waals surface area contributed by atoms with Crippen LogP contribution < -0.4 is 10.6 Å². The summed E-state index contributed by atoms with van der Waals surface area (Å²) in [6, 6.07) is 7.52. The second-order valence-electron chi connectivity index (χ2n) is 4.37. The van der Waals surface area contributed by atoms with Gasteiger partial charge in [-0.3, -0.25) is 9.59 Å². The first-order chi connectivity index (χ1) is 10.5. The summed E-state index contributed by atoms with van der Waals surface area (Å²) in [5.41, 5.74) is 1.78. The van der Waals surface area contributed by atoms with Crippen LogP contribution in [0.5, 0.6) is 0 Å². The predicted molar refractivity (Wildman–Crippen MR) is 99.1 cm³/mol. The van der Waals surface area contributed by atoms with Crippen molar-refractivity contribution in [1.29, 1.82) is 0 Å². The highest BCUT2D eigenvalue weighted by Gasteiger charge is 2.22. The highest BCUT2D eigenvalue weighted by Crippen LogP contribution is 2.27. The van der Waals surface area contributed by atoms with E-state index in [4.69, 9.17) is 24.4 Å². The molecule has 2 saturated heterocycles. The van der Waals surface area contributed by atoms with E-state index in [2.05, 4.69) is 10.6 Å². The van der Waals surface area contributed by atoms with Crippen molar-refractivity contribution in [3.05, 3.63) is 45.2 Å². The molecule has 0 aliphatic carbocycles. The molecule has 2 N–H and O–H groups in total. The van der Waals surface area contributed by atoms with Gasteiger partial charge >= 0.3 is 0 Å². The Morgan fingerprint density at radius 3 is 1.41 bits per heavy atom. The molecule has 8 heteroatoms. The minimum Gasteiger partial charge on any atom is -0.307 e. The van der Waals surface area contributed by atoms with Crippen molar-refractivity contribution in [2.24, 2.45) is 0 Å². The fraction of sp³-hybridized carbons (Fsp3) is 0. The predicted octanol–water partition coefficient (Wildman–Crippen LogP) is 2.66. The number of carbonyl (C=O) groups excluding carboxylic acids is 2. The van der Waals surface area contributed by atoms with E-state index in [1.54, 1.807) is 12.2 Å². The zero-order valence-corrected chi connectivity index (χ0v) is 14.2. The minimum atomic E-state index is -0.172. The van der Waals surface area contributed by atoms with Crippen LogP contribution in [0.15, 0.2) is 34.1 Å². The van der Waals surface area contributed by atoms with E-state index in [-0.39, 0.29) is 11.8 Å². The number of hydrogen-bond donors (Lipinski definition) is 2. The summed E-state index contributed by atoms with van der Waals surface area (Å²) < 4.78 is 0.940. The third kappa shape index (κ3) is 3.46. The number of thioether (sulfide) groups is 2. The Labute approximate surface area is 145 Å². The van der Waals surface area contributed by atoms with Gasteiger partial charge in [-0.2, -0.15) is 0 Å². The molecule has 3 rings (SSSR count). The van der Waals surface area contributed by atoms with Crippen LogP contribution in [0.1, 0.15) is 11.1 Å². The minimum absolute atomic E-state index is 0.172. The maximum Gasteiger partial charge on any atom is 0.263 e. The molecule has 0 unspecified atom stereocenters. The van der Waals surface area contributed by atoms with E-state index >= 15 is 0 Å². The maximum atomic E-state index is 11.6. The van der Waals surface area contributed by atoms with Crippen molar-refractivity contribution in [1.82, 2.24) is 10.6 Å². The van der Waals surface area contributed by atoms with Crippen molar-refractivity contribution in [3.8, 4) is 0 Å². The Morgan fingerprint density at radius 2 is 1.14 bits per heavy atom. The maximum absolute atomic E-state index is 11.6. The molecule has 0 atom stereocenters. The molecule has 0 radical (unpaired) electrons. The largest absolute Gasteiger partial charge is 0.307 e. The third-order valence-corrected chi connectivity index (χ3v) is 5.14. The molecule has 2 fully saturated rings. The molecule has 2 aliphatic heterocycles. The van der Waals surface area contributed by atoms with Crippen LogP contribution in [0, 0.1) is 0 Å². The molecular weight excluding hydrogens is 356 g/mol. The zero-order chi connectivity index (χ0) is 15.7. The first kappa shape index (κ1) is 15.4. The van der Waals surface area contributed by atoms with Crippen molar-refractivity contribution in [3.63, 3.8) is 0 Å². The van der Waals surface area contributed by atoms with Gasteiger partial charge in [0.25, 0.3) is 11.8 Å². The fourth-order valence-electron chi connectivity index (χ4n) is 1.83. The van der Waals surface area contributed by atoms with Gasteiger partial charge in [0.1, 0.15) is 8.64 Å². The van der Waals surface area contributed by atoms with Gasteiger partial charge in [0.05, 0.1) is 9.81 Å². The Bertz CT molecular complexity index is 701. The molecule has 0 aromatic heterocycles. The third-order valence-electron chi connectivity index (χ3n) is 2.82. The molecule has 1 aromatic carbocycles. The van der Waals surface area contributed by atoms with E-state index in [0.717, 1.165) is 11.1 Å². The lowest BCUT2D eigenvalue weighted by atomic mass is 10.1. The molecule has 110 valence electrons. The van der Waals surface area contributed by atoms with Gasteiger partial charge < -0.3 is 10.6 Å². The summed E-state index contributed by atoms with van der Waals surface area (Å²) in [5, 5.41) is 5.15. The highest BCUT2D eigenvalue weighted by atomic mass is 32.2. The first-order valence-corrected chi connectivity index (χ1v) is 8.56. The van der Waals surface area contributed by atoms with E-state index in [1.807, 2.05) is 24.3 Å². The van der Waals surface area contributed by atoms with Crippen LogP contribution in [0.25, 0.3) is 12.2 Å². The normalized spacial score (nSPS) is 21.6. The fourth-order valence-corrected chi connectivity index (χ4v) is 3.92. The lowest BCUT2D eigenvalue weighted by Gasteiger charge is -1.98. The summed E-state index contributed by atoms with van der Waals surface area (Å²) >= 11 is 12.4. The van der Waals surface area contributed by atoms with Gasteiger partial charge in [-0.25, -0.2) is 0 Å². The number of nitrogens with one attached hydrogen (secondary N) is 2. The monoisotopic (exact) mass is 364 g/mol. The van der Waals surface area contributed by atoms with E-state index in [9.17, 15) is 9.59 Å². The number of carbonyl (C=O) groups is 2. The highest BCUT2D eigenvalue weighted by molar-refractivity contribution is 8.27. The average Bonchev–Trinajstić information content (AvgIpc) is 2.94. The summed E-state index contributed by atoms with van der Waals surface area (Å²) in [6.45, 7) is 0. The SMILES string of the molecule is O=C1NC(=S)S/C1=C/c1ccc(/C=C2/SC(=S)NC2=O)cc1. The summed E-state index contributed by atoms with van der Waals surface area (Å²) in [6.07, 6.45) is 3.56. The van der Waals surface area contributed by atoms with E-state index in [1.165, 1.54) is 23.5 Å². The van der Waals surface area contributed by atoms with Crippen LogP contribution in [-0.4, -0.2) is 20.5 Å². The second-order valence-corrected chi connectivity index (χ2v) is 7.81. The number of hydrogen-bond acceptors (Lipinski definition) is 6. The molecule has 1 aromatic rings. The van der Waals surface area contributed by atoms with Gasteiger partial charge in [0.15, 0.2) is 0 Å². The average molecular weight is 364 g/mol. The molecule has 0 spiro atoms. The quantitative estimate of drug-likeness (QED) is 0.622. The number of amides is 2. The van der Waals surface area contributed by atoms with Crippen LogP contribution >= 0.6 is 48.0 Å². The zero-order valence-electron chi connectivity index (χ0n) is 10.9. The summed E-state index contributed by atoms with van der Waals surface area (Å²) in [4.78, 5) is 24.3. The van der Waals surface area contributed by atoms with Crippen molar-refractivity contribution < 1.29 is 9.59 Å². The number of thiocarbonyl (C=S) groups is 2. The molecule has 2 heterocycles. The summed E-state index contributed by atoms with van der Waals surface area (Å²) in [7, 11) is 0. The molecule has 22 heavy (non-hydrogen) atoms. The molecule has 2 aliphatic rings. The second kappa shape index (κ2) is 6.33. The van der Waals surface area contributed by atoms with Gasteiger partial charge in [-0.1, -0.05) is 72.2 Å². The van der Waals surface area contributed by atoms with Gasteiger partial charge in [-0.15, -0.1) is 0 Å². The van der Waals surface area contributed by atoms with Crippen LogP contribution in [0.2, 0.25) is 0 Å².